The quantitative estimate of drug-likeness (QED) is 0.839. The standard InChI is InChI=1S/C15H18ClNS/c1-3-11-5-7-12(8-6-11)14(17-4-2)15-13(16)9-10-18-15/h5-10,14,17H,3-4H2,1-2H3. The van der Waals surface area contributed by atoms with Gasteiger partial charge in [0.05, 0.1) is 11.1 Å². The number of benzene rings is 1. The minimum atomic E-state index is 0.202. The highest BCUT2D eigenvalue weighted by molar-refractivity contribution is 7.10. The number of rotatable bonds is 5. The molecule has 2 rings (SSSR count). The molecule has 0 saturated carbocycles. The third kappa shape index (κ3) is 2.94. The first-order chi connectivity index (χ1) is 8.76. The van der Waals surface area contributed by atoms with Crippen LogP contribution in [0.1, 0.15) is 35.9 Å². The molecule has 96 valence electrons. The smallest absolute Gasteiger partial charge is 0.0686 e. The molecule has 0 amide bonds. The molecule has 2 aromatic rings. The van der Waals surface area contributed by atoms with E-state index in [0.717, 1.165) is 18.0 Å². The molecule has 0 spiro atoms. The zero-order valence-electron chi connectivity index (χ0n) is 10.7. The lowest BCUT2D eigenvalue weighted by molar-refractivity contribution is 0.639. The lowest BCUT2D eigenvalue weighted by atomic mass is 10.0. The van der Waals surface area contributed by atoms with Gasteiger partial charge >= 0.3 is 0 Å². The van der Waals surface area contributed by atoms with E-state index >= 15 is 0 Å². The van der Waals surface area contributed by atoms with E-state index in [-0.39, 0.29) is 6.04 Å². The first-order valence-electron chi connectivity index (χ1n) is 6.31. The van der Waals surface area contributed by atoms with Crippen LogP contribution in [-0.2, 0) is 6.42 Å². The summed E-state index contributed by atoms with van der Waals surface area (Å²) in [5, 5.41) is 6.40. The number of hydrogen-bond donors (Lipinski definition) is 1. The number of hydrogen-bond acceptors (Lipinski definition) is 2. The summed E-state index contributed by atoms with van der Waals surface area (Å²) in [4.78, 5) is 1.20. The predicted molar refractivity (Wildman–Crippen MR) is 80.7 cm³/mol. The van der Waals surface area contributed by atoms with E-state index in [0.29, 0.717) is 0 Å². The second kappa shape index (κ2) is 6.37. The summed E-state index contributed by atoms with van der Waals surface area (Å²) in [7, 11) is 0. The van der Waals surface area contributed by atoms with Crippen LogP contribution in [0.15, 0.2) is 35.7 Å². The van der Waals surface area contributed by atoms with Crippen molar-refractivity contribution in [2.24, 2.45) is 0 Å². The molecule has 1 N–H and O–H groups in total. The van der Waals surface area contributed by atoms with Crippen molar-refractivity contribution in [3.05, 3.63) is 56.7 Å². The van der Waals surface area contributed by atoms with E-state index in [1.165, 1.54) is 16.0 Å². The van der Waals surface area contributed by atoms with Gasteiger partial charge < -0.3 is 5.32 Å². The molecule has 0 radical (unpaired) electrons. The number of thiophene rings is 1. The fourth-order valence-electron chi connectivity index (χ4n) is 2.02. The van der Waals surface area contributed by atoms with Gasteiger partial charge in [-0.15, -0.1) is 11.3 Å². The molecule has 0 aliphatic heterocycles. The molecule has 0 aliphatic rings. The molecule has 0 bridgehead atoms. The molecule has 1 aromatic carbocycles. The van der Waals surface area contributed by atoms with Crippen molar-refractivity contribution in [1.82, 2.24) is 5.32 Å². The monoisotopic (exact) mass is 279 g/mol. The van der Waals surface area contributed by atoms with Gasteiger partial charge in [0.25, 0.3) is 0 Å². The van der Waals surface area contributed by atoms with Gasteiger partial charge in [0.15, 0.2) is 0 Å². The van der Waals surface area contributed by atoms with Crippen LogP contribution in [-0.4, -0.2) is 6.54 Å². The fourth-order valence-corrected chi connectivity index (χ4v) is 3.29. The number of aryl methyl sites for hydroxylation is 1. The zero-order chi connectivity index (χ0) is 13.0. The number of halogens is 1. The van der Waals surface area contributed by atoms with Crippen LogP contribution in [0.25, 0.3) is 0 Å². The second-order valence-corrected chi connectivity index (χ2v) is 5.57. The van der Waals surface area contributed by atoms with Crippen molar-refractivity contribution in [2.75, 3.05) is 6.54 Å². The molecule has 0 fully saturated rings. The average molecular weight is 280 g/mol. The average Bonchev–Trinajstić information content (AvgIpc) is 2.82. The molecule has 1 heterocycles. The Morgan fingerprint density at radius 2 is 1.89 bits per heavy atom. The highest BCUT2D eigenvalue weighted by Crippen LogP contribution is 2.32. The topological polar surface area (TPSA) is 12.0 Å². The second-order valence-electron chi connectivity index (χ2n) is 4.22. The Labute approximate surface area is 118 Å². The molecule has 0 aliphatic carbocycles. The first-order valence-corrected chi connectivity index (χ1v) is 7.57. The minimum Gasteiger partial charge on any atom is -0.306 e. The van der Waals surface area contributed by atoms with E-state index in [4.69, 9.17) is 11.6 Å². The lowest BCUT2D eigenvalue weighted by Gasteiger charge is -2.18. The lowest BCUT2D eigenvalue weighted by Crippen LogP contribution is -2.21. The van der Waals surface area contributed by atoms with Crippen molar-refractivity contribution in [1.29, 1.82) is 0 Å². The first kappa shape index (κ1) is 13.6. The summed E-state index contributed by atoms with van der Waals surface area (Å²) < 4.78 is 0. The summed E-state index contributed by atoms with van der Waals surface area (Å²) in [6, 6.07) is 11.0. The van der Waals surface area contributed by atoms with E-state index in [9.17, 15) is 0 Å². The SMILES string of the molecule is CCNC(c1ccc(CC)cc1)c1sccc1Cl. The van der Waals surface area contributed by atoms with Crippen LogP contribution in [0.3, 0.4) is 0 Å². The van der Waals surface area contributed by atoms with Crippen molar-refractivity contribution >= 4 is 22.9 Å². The predicted octanol–water partition coefficient (Wildman–Crippen LogP) is 4.66. The normalized spacial score (nSPS) is 12.6. The Kier molecular flexibility index (Phi) is 4.81. The van der Waals surface area contributed by atoms with E-state index < -0.39 is 0 Å². The summed E-state index contributed by atoms with van der Waals surface area (Å²) in [6.07, 6.45) is 1.08. The molecule has 18 heavy (non-hydrogen) atoms. The maximum atomic E-state index is 6.25. The zero-order valence-corrected chi connectivity index (χ0v) is 12.3. The molecule has 3 heteroatoms. The Bertz CT molecular complexity index is 489. The molecule has 1 unspecified atom stereocenters. The van der Waals surface area contributed by atoms with Gasteiger partial charge in [-0.25, -0.2) is 0 Å². The van der Waals surface area contributed by atoms with Crippen LogP contribution in [0.4, 0.5) is 0 Å². The van der Waals surface area contributed by atoms with Crippen LogP contribution < -0.4 is 5.32 Å². The Morgan fingerprint density at radius 1 is 1.17 bits per heavy atom. The maximum absolute atomic E-state index is 6.25. The highest BCUT2D eigenvalue weighted by Gasteiger charge is 2.17. The molecule has 1 nitrogen and oxygen atoms in total. The van der Waals surface area contributed by atoms with Gasteiger partial charge in [-0.1, -0.05) is 49.7 Å². The maximum Gasteiger partial charge on any atom is 0.0686 e. The Hall–Kier alpha value is -0.830. The van der Waals surface area contributed by atoms with Crippen molar-refractivity contribution in [3.63, 3.8) is 0 Å². The number of nitrogens with one attached hydrogen (secondary N) is 1. The van der Waals surface area contributed by atoms with Crippen LogP contribution in [0, 0.1) is 0 Å². The van der Waals surface area contributed by atoms with Crippen molar-refractivity contribution < 1.29 is 0 Å². The van der Waals surface area contributed by atoms with E-state index in [2.05, 4.69) is 43.4 Å². The highest BCUT2D eigenvalue weighted by atomic mass is 35.5. The third-order valence-corrected chi connectivity index (χ3v) is 4.46. The van der Waals surface area contributed by atoms with E-state index in [1.807, 2.05) is 11.4 Å². The van der Waals surface area contributed by atoms with Gasteiger partial charge in [-0.3, -0.25) is 0 Å². The van der Waals surface area contributed by atoms with Gasteiger partial charge in [0, 0.05) is 4.88 Å². The largest absolute Gasteiger partial charge is 0.306 e. The fraction of sp³-hybridized carbons (Fsp3) is 0.333. The molecular weight excluding hydrogens is 262 g/mol. The van der Waals surface area contributed by atoms with E-state index in [1.54, 1.807) is 11.3 Å². The third-order valence-electron chi connectivity index (χ3n) is 3.04. The van der Waals surface area contributed by atoms with Gasteiger partial charge in [0.1, 0.15) is 0 Å². The van der Waals surface area contributed by atoms with Crippen molar-refractivity contribution in [3.8, 4) is 0 Å². The van der Waals surface area contributed by atoms with Crippen LogP contribution in [0.5, 0.6) is 0 Å². The minimum absolute atomic E-state index is 0.202. The summed E-state index contributed by atoms with van der Waals surface area (Å²) in [6.45, 7) is 5.22. The molecule has 1 atom stereocenters. The van der Waals surface area contributed by atoms with Crippen LogP contribution >= 0.6 is 22.9 Å². The molecule has 1 aromatic heterocycles. The Balaban J connectivity index is 2.32. The van der Waals surface area contributed by atoms with Crippen LogP contribution in [0.2, 0.25) is 5.02 Å². The van der Waals surface area contributed by atoms with Gasteiger partial charge in [-0.05, 0) is 35.5 Å². The molecular formula is C15H18ClNS. The van der Waals surface area contributed by atoms with Gasteiger partial charge in [-0.2, -0.15) is 0 Å². The Morgan fingerprint density at radius 3 is 2.39 bits per heavy atom. The summed E-state index contributed by atoms with van der Waals surface area (Å²) >= 11 is 7.96. The van der Waals surface area contributed by atoms with Gasteiger partial charge in [0.2, 0.25) is 0 Å². The van der Waals surface area contributed by atoms with Crippen molar-refractivity contribution in [2.45, 2.75) is 26.3 Å². The summed E-state index contributed by atoms with van der Waals surface area (Å²) in [5.41, 5.74) is 2.64. The molecule has 0 saturated heterocycles. The summed E-state index contributed by atoms with van der Waals surface area (Å²) in [5.74, 6) is 0.